The molecule has 1 amide bonds. The Morgan fingerprint density at radius 3 is 2.58 bits per heavy atom. The predicted molar refractivity (Wildman–Crippen MR) is 96.9 cm³/mol. The Balaban J connectivity index is 1.90. The number of esters is 1. The standard InChI is InChI=1S/C18H18N2O5S/c1-11-8-12(18(22)25-3)4-6-15(11)19-26(23,24)14-5-7-16-13(9-14)10-17(21)20(16)2/h4-9,19H,10H2,1-3H3. The zero-order valence-electron chi connectivity index (χ0n) is 14.6. The lowest BCUT2D eigenvalue weighted by atomic mass is 10.1. The van der Waals surface area contributed by atoms with E-state index in [1.165, 1.54) is 36.3 Å². The third kappa shape index (κ3) is 3.15. The van der Waals surface area contributed by atoms with Crippen LogP contribution in [0.3, 0.4) is 0 Å². The minimum Gasteiger partial charge on any atom is -0.465 e. The molecule has 3 rings (SSSR count). The number of sulfonamides is 1. The molecule has 8 heteroatoms. The first-order chi connectivity index (χ1) is 12.2. The van der Waals surface area contributed by atoms with Crippen molar-refractivity contribution in [1.29, 1.82) is 0 Å². The number of carbonyl (C=O) groups excluding carboxylic acids is 2. The fraction of sp³-hybridized carbons (Fsp3) is 0.222. The summed E-state index contributed by atoms with van der Waals surface area (Å²) in [6.07, 6.45) is 0.183. The maximum Gasteiger partial charge on any atom is 0.337 e. The van der Waals surface area contributed by atoms with Gasteiger partial charge in [-0.2, -0.15) is 0 Å². The van der Waals surface area contributed by atoms with Gasteiger partial charge >= 0.3 is 5.97 Å². The first-order valence-corrected chi connectivity index (χ1v) is 9.32. The molecule has 1 aliphatic heterocycles. The van der Waals surface area contributed by atoms with Crippen LogP contribution in [0.4, 0.5) is 11.4 Å². The number of rotatable bonds is 4. The van der Waals surface area contributed by atoms with Crippen molar-refractivity contribution in [2.45, 2.75) is 18.2 Å². The largest absolute Gasteiger partial charge is 0.465 e. The molecule has 0 unspecified atom stereocenters. The molecule has 0 saturated heterocycles. The number of carbonyl (C=O) groups is 2. The summed E-state index contributed by atoms with van der Waals surface area (Å²) >= 11 is 0. The van der Waals surface area contributed by atoms with E-state index < -0.39 is 16.0 Å². The van der Waals surface area contributed by atoms with Crippen LogP contribution >= 0.6 is 0 Å². The summed E-state index contributed by atoms with van der Waals surface area (Å²) in [5, 5.41) is 0. The number of amides is 1. The zero-order valence-corrected chi connectivity index (χ0v) is 15.4. The lowest BCUT2D eigenvalue weighted by Gasteiger charge is -2.13. The summed E-state index contributed by atoms with van der Waals surface area (Å²) in [6, 6.07) is 9.17. The number of anilines is 2. The smallest absolute Gasteiger partial charge is 0.337 e. The van der Waals surface area contributed by atoms with E-state index in [0.29, 0.717) is 28.1 Å². The van der Waals surface area contributed by atoms with E-state index in [1.54, 1.807) is 26.1 Å². The molecule has 0 aliphatic carbocycles. The van der Waals surface area contributed by atoms with Crippen molar-refractivity contribution >= 4 is 33.3 Å². The number of hydrogen-bond acceptors (Lipinski definition) is 5. The Morgan fingerprint density at radius 1 is 1.19 bits per heavy atom. The molecule has 7 nitrogen and oxygen atoms in total. The Bertz CT molecular complexity index is 1010. The van der Waals surface area contributed by atoms with Gasteiger partial charge in [0.05, 0.1) is 29.7 Å². The Labute approximate surface area is 151 Å². The van der Waals surface area contributed by atoms with E-state index >= 15 is 0 Å². The molecule has 0 saturated carbocycles. The molecule has 1 aliphatic rings. The summed E-state index contributed by atoms with van der Waals surface area (Å²) in [4.78, 5) is 24.9. The van der Waals surface area contributed by atoms with Crippen molar-refractivity contribution in [3.8, 4) is 0 Å². The normalized spacial score (nSPS) is 13.5. The third-order valence-corrected chi connectivity index (χ3v) is 5.69. The molecular formula is C18H18N2O5S. The molecule has 1 heterocycles. The molecule has 0 aromatic heterocycles. The number of methoxy groups -OCH3 is 1. The van der Waals surface area contributed by atoms with Crippen molar-refractivity contribution in [2.24, 2.45) is 0 Å². The van der Waals surface area contributed by atoms with Crippen LogP contribution < -0.4 is 9.62 Å². The lowest BCUT2D eigenvalue weighted by Crippen LogP contribution is -2.20. The van der Waals surface area contributed by atoms with Crippen molar-refractivity contribution < 1.29 is 22.7 Å². The number of likely N-dealkylation sites (N-methyl/N-ethyl adjacent to an activating group) is 1. The van der Waals surface area contributed by atoms with Gasteiger partial charge in [0.15, 0.2) is 0 Å². The average molecular weight is 374 g/mol. The predicted octanol–water partition coefficient (Wildman–Crippen LogP) is 2.10. The highest BCUT2D eigenvalue weighted by molar-refractivity contribution is 7.92. The maximum atomic E-state index is 12.7. The Hall–Kier alpha value is -2.87. The summed E-state index contributed by atoms with van der Waals surface area (Å²) in [6.45, 7) is 1.70. The second kappa shape index (κ2) is 6.45. The Morgan fingerprint density at radius 2 is 1.92 bits per heavy atom. The van der Waals surface area contributed by atoms with Crippen LogP contribution in [-0.2, 0) is 26.0 Å². The molecule has 0 radical (unpaired) electrons. The van der Waals surface area contributed by atoms with Crippen molar-refractivity contribution in [2.75, 3.05) is 23.8 Å². The summed E-state index contributed by atoms with van der Waals surface area (Å²) < 4.78 is 32.6. The fourth-order valence-corrected chi connectivity index (χ4v) is 4.02. The molecule has 0 atom stereocenters. The van der Waals surface area contributed by atoms with Crippen molar-refractivity contribution in [3.63, 3.8) is 0 Å². The monoisotopic (exact) mass is 374 g/mol. The van der Waals surface area contributed by atoms with Crippen LogP contribution in [0.25, 0.3) is 0 Å². The van der Waals surface area contributed by atoms with E-state index in [9.17, 15) is 18.0 Å². The molecule has 1 N–H and O–H groups in total. The van der Waals surface area contributed by atoms with Gasteiger partial charge in [0, 0.05) is 12.7 Å². The second-order valence-corrected chi connectivity index (χ2v) is 7.73. The highest BCUT2D eigenvalue weighted by atomic mass is 32.2. The van der Waals surface area contributed by atoms with Gasteiger partial charge in [-0.15, -0.1) is 0 Å². The quantitative estimate of drug-likeness (QED) is 0.828. The second-order valence-electron chi connectivity index (χ2n) is 6.05. The van der Waals surface area contributed by atoms with E-state index in [4.69, 9.17) is 0 Å². The van der Waals surface area contributed by atoms with Crippen LogP contribution in [-0.4, -0.2) is 34.5 Å². The highest BCUT2D eigenvalue weighted by Gasteiger charge is 2.26. The minimum atomic E-state index is -3.83. The zero-order chi connectivity index (χ0) is 19.1. The van der Waals surface area contributed by atoms with Crippen LogP contribution in [0.15, 0.2) is 41.3 Å². The van der Waals surface area contributed by atoms with Crippen LogP contribution in [0.2, 0.25) is 0 Å². The van der Waals surface area contributed by atoms with Crippen LogP contribution in [0, 0.1) is 6.92 Å². The van der Waals surface area contributed by atoms with Gasteiger partial charge in [0.2, 0.25) is 5.91 Å². The van der Waals surface area contributed by atoms with Crippen molar-refractivity contribution in [1.82, 2.24) is 0 Å². The van der Waals surface area contributed by atoms with Gasteiger partial charge in [0.25, 0.3) is 10.0 Å². The minimum absolute atomic E-state index is 0.0725. The maximum absolute atomic E-state index is 12.7. The molecule has 0 fully saturated rings. The van der Waals surface area contributed by atoms with Gasteiger partial charge in [0.1, 0.15) is 0 Å². The van der Waals surface area contributed by atoms with Gasteiger partial charge < -0.3 is 9.64 Å². The molecule has 0 bridgehead atoms. The first kappa shape index (κ1) is 17.9. The fourth-order valence-electron chi connectivity index (χ4n) is 2.84. The lowest BCUT2D eigenvalue weighted by molar-refractivity contribution is -0.117. The average Bonchev–Trinajstić information content (AvgIpc) is 2.89. The molecule has 26 heavy (non-hydrogen) atoms. The Kier molecular flexibility index (Phi) is 4.45. The summed E-state index contributed by atoms with van der Waals surface area (Å²) in [5.74, 6) is -0.563. The topological polar surface area (TPSA) is 92.8 Å². The molecule has 136 valence electrons. The van der Waals surface area contributed by atoms with Gasteiger partial charge in [-0.25, -0.2) is 13.2 Å². The number of benzene rings is 2. The van der Waals surface area contributed by atoms with Crippen molar-refractivity contribution in [3.05, 3.63) is 53.1 Å². The molecule has 2 aromatic carbocycles. The number of ether oxygens (including phenoxy) is 1. The number of fused-ring (bicyclic) bond motifs is 1. The SMILES string of the molecule is COC(=O)c1ccc(NS(=O)(=O)c2ccc3c(c2)CC(=O)N3C)c(C)c1. The molecule has 0 spiro atoms. The van der Waals surface area contributed by atoms with E-state index in [1.807, 2.05) is 0 Å². The van der Waals surface area contributed by atoms with Crippen LogP contribution in [0.1, 0.15) is 21.5 Å². The number of nitrogens with one attached hydrogen (secondary N) is 1. The molecular weight excluding hydrogens is 356 g/mol. The van der Waals surface area contributed by atoms with E-state index in [2.05, 4.69) is 9.46 Å². The first-order valence-electron chi connectivity index (χ1n) is 7.84. The summed E-state index contributed by atoms with van der Waals surface area (Å²) in [5.41, 5.74) is 2.69. The highest BCUT2D eigenvalue weighted by Crippen LogP contribution is 2.30. The number of aryl methyl sites for hydroxylation is 1. The summed E-state index contributed by atoms with van der Waals surface area (Å²) in [7, 11) is -0.885. The van der Waals surface area contributed by atoms with Gasteiger partial charge in [-0.05, 0) is 54.4 Å². The van der Waals surface area contributed by atoms with Gasteiger partial charge in [-0.1, -0.05) is 0 Å². The van der Waals surface area contributed by atoms with Crippen LogP contribution in [0.5, 0.6) is 0 Å². The number of hydrogen-bond donors (Lipinski definition) is 1. The van der Waals surface area contributed by atoms with Gasteiger partial charge in [-0.3, -0.25) is 9.52 Å². The van der Waals surface area contributed by atoms with E-state index in [-0.39, 0.29) is 17.2 Å². The number of nitrogens with zero attached hydrogens (tertiary/aromatic N) is 1. The molecule has 2 aromatic rings. The third-order valence-electron chi connectivity index (χ3n) is 4.33. The van der Waals surface area contributed by atoms with E-state index in [0.717, 1.165) is 0 Å².